The number of nitrogens with one attached hydrogen (secondary N) is 1. The molecule has 21 heavy (non-hydrogen) atoms. The second kappa shape index (κ2) is 6.37. The molecule has 0 aromatic heterocycles. The fourth-order valence-electron chi connectivity index (χ4n) is 3.78. The van der Waals surface area contributed by atoms with Crippen LogP contribution in [-0.4, -0.2) is 43.7 Å². The van der Waals surface area contributed by atoms with E-state index in [1.54, 1.807) is 7.11 Å². The molecule has 3 rings (SSSR count). The molecule has 1 heterocycles. The molecule has 1 aromatic carbocycles. The van der Waals surface area contributed by atoms with Crippen LogP contribution in [0.3, 0.4) is 0 Å². The molecule has 0 spiro atoms. The molecule has 3 heteroatoms. The van der Waals surface area contributed by atoms with E-state index in [0.29, 0.717) is 18.1 Å². The van der Waals surface area contributed by atoms with Crippen LogP contribution in [0.4, 0.5) is 0 Å². The summed E-state index contributed by atoms with van der Waals surface area (Å²) in [5.74, 6) is 0.988. The Bertz CT molecular complexity index is 488. The highest BCUT2D eigenvalue weighted by Gasteiger charge is 2.26. The van der Waals surface area contributed by atoms with E-state index >= 15 is 0 Å². The van der Waals surface area contributed by atoms with Gasteiger partial charge >= 0.3 is 0 Å². The van der Waals surface area contributed by atoms with Crippen LogP contribution >= 0.6 is 0 Å². The van der Waals surface area contributed by atoms with Gasteiger partial charge in [0, 0.05) is 18.1 Å². The number of piperidine rings is 1. The van der Waals surface area contributed by atoms with Gasteiger partial charge in [-0.3, -0.25) is 0 Å². The highest BCUT2D eigenvalue weighted by Crippen LogP contribution is 2.26. The SMILES string of the molecule is COc1ccc2c(c1)CC(NC1CCN(C)C(C)C1)CC2. The van der Waals surface area contributed by atoms with Crippen LogP contribution in [0.2, 0.25) is 0 Å². The van der Waals surface area contributed by atoms with Crippen molar-refractivity contribution in [3.63, 3.8) is 0 Å². The Morgan fingerprint density at radius 2 is 2.05 bits per heavy atom. The standard InChI is InChI=1S/C18H28N2O/c1-13-10-17(8-9-20(13)2)19-16-6-4-14-5-7-18(21-3)12-15(14)11-16/h5,7,12-13,16-17,19H,4,6,8-11H2,1-3H3. The van der Waals surface area contributed by atoms with E-state index < -0.39 is 0 Å². The lowest BCUT2D eigenvalue weighted by Gasteiger charge is -2.38. The monoisotopic (exact) mass is 288 g/mol. The molecule has 1 aromatic rings. The quantitative estimate of drug-likeness (QED) is 0.925. The van der Waals surface area contributed by atoms with Gasteiger partial charge in [0.25, 0.3) is 0 Å². The second-order valence-corrected chi connectivity index (χ2v) is 6.79. The molecule has 2 aliphatic rings. The number of nitrogens with zero attached hydrogens (tertiary/aromatic N) is 1. The van der Waals surface area contributed by atoms with Gasteiger partial charge in [-0.25, -0.2) is 0 Å². The zero-order valence-corrected chi connectivity index (χ0v) is 13.6. The number of methoxy groups -OCH3 is 1. The first-order chi connectivity index (χ1) is 10.2. The third-order valence-corrected chi connectivity index (χ3v) is 5.32. The van der Waals surface area contributed by atoms with Gasteiger partial charge in [0.1, 0.15) is 5.75 Å². The highest BCUT2D eigenvalue weighted by molar-refractivity contribution is 5.37. The normalized spacial score (nSPS) is 30.0. The van der Waals surface area contributed by atoms with Gasteiger partial charge in [0.2, 0.25) is 0 Å². The maximum absolute atomic E-state index is 5.37. The van der Waals surface area contributed by atoms with E-state index in [1.165, 1.54) is 43.4 Å². The van der Waals surface area contributed by atoms with Crippen LogP contribution in [0, 0.1) is 0 Å². The number of aryl methyl sites for hydroxylation is 1. The van der Waals surface area contributed by atoms with Crippen molar-refractivity contribution in [2.24, 2.45) is 0 Å². The van der Waals surface area contributed by atoms with Crippen molar-refractivity contribution in [1.29, 1.82) is 0 Å². The molecular formula is C18H28N2O. The number of hydrogen-bond donors (Lipinski definition) is 1. The predicted molar refractivity (Wildman–Crippen MR) is 87.1 cm³/mol. The summed E-state index contributed by atoms with van der Waals surface area (Å²) in [4.78, 5) is 2.47. The zero-order valence-electron chi connectivity index (χ0n) is 13.6. The predicted octanol–water partition coefficient (Wildman–Crippen LogP) is 2.62. The molecule has 0 saturated carbocycles. The number of benzene rings is 1. The van der Waals surface area contributed by atoms with E-state index in [-0.39, 0.29) is 0 Å². The topological polar surface area (TPSA) is 24.5 Å². The smallest absolute Gasteiger partial charge is 0.119 e. The first-order valence-corrected chi connectivity index (χ1v) is 8.28. The van der Waals surface area contributed by atoms with Crippen molar-refractivity contribution in [2.75, 3.05) is 20.7 Å². The summed E-state index contributed by atoms with van der Waals surface area (Å²) in [5.41, 5.74) is 2.98. The molecular weight excluding hydrogens is 260 g/mol. The van der Waals surface area contributed by atoms with Gasteiger partial charge in [-0.15, -0.1) is 0 Å². The van der Waals surface area contributed by atoms with Crippen molar-refractivity contribution in [3.05, 3.63) is 29.3 Å². The molecule has 116 valence electrons. The van der Waals surface area contributed by atoms with E-state index in [9.17, 15) is 0 Å². The van der Waals surface area contributed by atoms with Crippen molar-refractivity contribution in [2.45, 2.75) is 57.2 Å². The van der Waals surface area contributed by atoms with Crippen LogP contribution in [-0.2, 0) is 12.8 Å². The van der Waals surface area contributed by atoms with Crippen molar-refractivity contribution < 1.29 is 4.74 Å². The Morgan fingerprint density at radius 1 is 1.19 bits per heavy atom. The van der Waals surface area contributed by atoms with Gasteiger partial charge in [-0.05, 0) is 75.9 Å². The van der Waals surface area contributed by atoms with Gasteiger partial charge in [0.05, 0.1) is 7.11 Å². The number of fused-ring (bicyclic) bond motifs is 1. The Kier molecular flexibility index (Phi) is 4.51. The molecule has 3 nitrogen and oxygen atoms in total. The Morgan fingerprint density at radius 3 is 2.81 bits per heavy atom. The minimum absolute atomic E-state index is 0.630. The minimum atomic E-state index is 0.630. The van der Waals surface area contributed by atoms with Crippen LogP contribution in [0.25, 0.3) is 0 Å². The third-order valence-electron chi connectivity index (χ3n) is 5.32. The number of rotatable bonds is 3. The summed E-state index contributed by atoms with van der Waals surface area (Å²) in [7, 11) is 3.99. The summed E-state index contributed by atoms with van der Waals surface area (Å²) in [5, 5.41) is 3.92. The first kappa shape index (κ1) is 14.9. The van der Waals surface area contributed by atoms with E-state index in [0.717, 1.165) is 12.2 Å². The molecule has 0 bridgehead atoms. The summed E-state index contributed by atoms with van der Waals surface area (Å²) in [6.07, 6.45) is 6.16. The van der Waals surface area contributed by atoms with Gasteiger partial charge in [-0.1, -0.05) is 6.07 Å². The zero-order chi connectivity index (χ0) is 14.8. The molecule has 0 amide bonds. The molecule has 0 radical (unpaired) electrons. The van der Waals surface area contributed by atoms with Crippen molar-refractivity contribution >= 4 is 0 Å². The lowest BCUT2D eigenvalue weighted by atomic mass is 9.87. The first-order valence-electron chi connectivity index (χ1n) is 8.28. The van der Waals surface area contributed by atoms with Gasteiger partial charge in [-0.2, -0.15) is 0 Å². The van der Waals surface area contributed by atoms with Crippen molar-refractivity contribution in [3.8, 4) is 5.75 Å². The van der Waals surface area contributed by atoms with Gasteiger partial charge in [0.15, 0.2) is 0 Å². The highest BCUT2D eigenvalue weighted by atomic mass is 16.5. The summed E-state index contributed by atoms with van der Waals surface area (Å²) >= 11 is 0. The third kappa shape index (κ3) is 3.41. The molecule has 1 aliphatic heterocycles. The Balaban J connectivity index is 1.61. The molecule has 1 fully saturated rings. The average molecular weight is 288 g/mol. The molecule has 1 N–H and O–H groups in total. The lowest BCUT2D eigenvalue weighted by Crippen LogP contribution is -2.49. The van der Waals surface area contributed by atoms with Gasteiger partial charge < -0.3 is 15.0 Å². The van der Waals surface area contributed by atoms with E-state index in [4.69, 9.17) is 4.74 Å². The second-order valence-electron chi connectivity index (χ2n) is 6.79. The average Bonchev–Trinajstić information content (AvgIpc) is 2.50. The van der Waals surface area contributed by atoms with Crippen LogP contribution in [0.5, 0.6) is 5.75 Å². The number of likely N-dealkylation sites (tertiary alicyclic amines) is 1. The Hall–Kier alpha value is -1.06. The summed E-state index contributed by atoms with van der Waals surface area (Å²) in [6, 6.07) is 8.57. The number of ether oxygens (including phenoxy) is 1. The fourth-order valence-corrected chi connectivity index (χ4v) is 3.78. The number of hydrogen-bond acceptors (Lipinski definition) is 3. The molecule has 3 atom stereocenters. The molecule has 1 saturated heterocycles. The Labute approximate surface area is 128 Å². The maximum Gasteiger partial charge on any atom is 0.119 e. The van der Waals surface area contributed by atoms with E-state index in [2.05, 4.69) is 42.4 Å². The maximum atomic E-state index is 5.37. The summed E-state index contributed by atoms with van der Waals surface area (Å²) in [6.45, 7) is 3.56. The van der Waals surface area contributed by atoms with Crippen molar-refractivity contribution in [1.82, 2.24) is 10.2 Å². The summed E-state index contributed by atoms with van der Waals surface area (Å²) < 4.78 is 5.37. The van der Waals surface area contributed by atoms with Crippen LogP contribution in [0.1, 0.15) is 37.3 Å². The molecule has 3 unspecified atom stereocenters. The van der Waals surface area contributed by atoms with Crippen LogP contribution < -0.4 is 10.1 Å². The minimum Gasteiger partial charge on any atom is -0.497 e. The van der Waals surface area contributed by atoms with Crippen LogP contribution in [0.15, 0.2) is 18.2 Å². The lowest BCUT2D eigenvalue weighted by molar-refractivity contribution is 0.160. The largest absolute Gasteiger partial charge is 0.497 e. The fraction of sp³-hybridized carbons (Fsp3) is 0.667. The van der Waals surface area contributed by atoms with E-state index in [1.807, 2.05) is 0 Å². The molecule has 1 aliphatic carbocycles.